The topological polar surface area (TPSA) is 12.4 Å². The highest BCUT2D eigenvalue weighted by Gasteiger charge is 2.14. The molecule has 0 spiro atoms. The summed E-state index contributed by atoms with van der Waals surface area (Å²) < 4.78 is 38.3. The largest absolute Gasteiger partial charge is 0.476 e. The van der Waals surface area contributed by atoms with E-state index in [1.807, 2.05) is 0 Å². The average Bonchev–Trinajstić information content (AvgIpc) is 1.91. The molecule has 0 fully saturated rings. The van der Waals surface area contributed by atoms with Gasteiger partial charge in [-0.3, -0.25) is 0 Å². The SMILES string of the molecule is Cc1ccccc1N=P(F)(F)F. The molecule has 0 bridgehead atoms. The highest BCUT2D eigenvalue weighted by molar-refractivity contribution is 7.50. The van der Waals surface area contributed by atoms with Gasteiger partial charge in [0.15, 0.2) is 0 Å². The molecule has 0 aliphatic rings. The molecular formula is C7H7F3NP. The first-order valence-corrected chi connectivity index (χ1v) is 4.67. The van der Waals surface area contributed by atoms with Crippen LogP contribution in [0.5, 0.6) is 0 Å². The number of benzene rings is 1. The summed E-state index contributed by atoms with van der Waals surface area (Å²) >= 11 is 0. The standard InChI is InChI=1S/C7H7F3NP/c1-6-4-2-3-5-7(6)11-12(8,9)10/h2-5H,1H3. The zero-order valence-electron chi connectivity index (χ0n) is 6.34. The van der Waals surface area contributed by atoms with Crippen LogP contribution in [-0.2, 0) is 0 Å². The van der Waals surface area contributed by atoms with Crippen LogP contribution in [0.3, 0.4) is 0 Å². The second kappa shape index (κ2) is 3.31. The minimum absolute atomic E-state index is 0.0262. The van der Waals surface area contributed by atoms with Crippen molar-refractivity contribution in [1.29, 1.82) is 0 Å². The van der Waals surface area contributed by atoms with E-state index in [2.05, 4.69) is 4.74 Å². The van der Waals surface area contributed by atoms with Gasteiger partial charge in [-0.1, -0.05) is 18.2 Å². The Kier molecular flexibility index (Phi) is 2.58. The van der Waals surface area contributed by atoms with Crippen LogP contribution in [0.25, 0.3) is 0 Å². The lowest BCUT2D eigenvalue weighted by atomic mass is 10.2. The van der Waals surface area contributed by atoms with Gasteiger partial charge in [-0.05, 0) is 18.6 Å². The molecule has 0 aromatic heterocycles. The van der Waals surface area contributed by atoms with E-state index in [0.717, 1.165) is 0 Å². The van der Waals surface area contributed by atoms with E-state index >= 15 is 0 Å². The third-order valence-electron chi connectivity index (χ3n) is 1.34. The summed E-state index contributed by atoms with van der Waals surface area (Å²) in [6.45, 7) is 1.61. The monoisotopic (exact) mass is 193 g/mol. The summed E-state index contributed by atoms with van der Waals surface area (Å²) in [7, 11) is -5.54. The summed E-state index contributed by atoms with van der Waals surface area (Å²) in [6, 6.07) is 6.20. The van der Waals surface area contributed by atoms with Gasteiger partial charge in [0.2, 0.25) is 0 Å². The fraction of sp³-hybridized carbons (Fsp3) is 0.143. The van der Waals surface area contributed by atoms with Crippen LogP contribution < -0.4 is 0 Å². The molecule has 0 saturated carbocycles. The van der Waals surface area contributed by atoms with Crippen molar-refractivity contribution in [3.8, 4) is 0 Å². The molecule has 5 heteroatoms. The van der Waals surface area contributed by atoms with E-state index in [-0.39, 0.29) is 5.69 Å². The first-order valence-electron chi connectivity index (χ1n) is 3.26. The van der Waals surface area contributed by atoms with Gasteiger partial charge in [0, 0.05) is 0 Å². The van der Waals surface area contributed by atoms with Gasteiger partial charge in [-0.15, -0.1) is 12.6 Å². The Morgan fingerprint density at radius 1 is 1.17 bits per heavy atom. The maximum absolute atomic E-state index is 11.9. The average molecular weight is 193 g/mol. The molecule has 0 amide bonds. The minimum atomic E-state index is -5.54. The minimum Gasteiger partial charge on any atom is -0.180 e. The molecule has 0 radical (unpaired) electrons. The highest BCUT2D eigenvalue weighted by atomic mass is 31.2. The summed E-state index contributed by atoms with van der Waals surface area (Å²) in [5.41, 5.74) is 0.577. The second-order valence-electron chi connectivity index (χ2n) is 2.30. The van der Waals surface area contributed by atoms with E-state index in [1.54, 1.807) is 25.1 Å². The van der Waals surface area contributed by atoms with Crippen LogP contribution in [-0.4, -0.2) is 0 Å². The zero-order valence-corrected chi connectivity index (χ0v) is 7.23. The Morgan fingerprint density at radius 2 is 1.75 bits per heavy atom. The van der Waals surface area contributed by atoms with E-state index < -0.39 is 7.99 Å². The fourth-order valence-corrected chi connectivity index (χ4v) is 1.27. The fourth-order valence-electron chi connectivity index (χ4n) is 0.798. The first kappa shape index (κ1) is 9.33. The second-order valence-corrected chi connectivity index (χ2v) is 3.34. The lowest BCUT2D eigenvalue weighted by Gasteiger charge is -1.98. The summed E-state index contributed by atoms with van der Waals surface area (Å²) in [5.74, 6) is 0. The molecule has 0 aliphatic carbocycles. The van der Waals surface area contributed by atoms with Gasteiger partial charge < -0.3 is 0 Å². The normalized spacial score (nSPS) is 11.3. The van der Waals surface area contributed by atoms with Crippen LogP contribution in [0, 0.1) is 6.92 Å². The smallest absolute Gasteiger partial charge is 0.180 e. The van der Waals surface area contributed by atoms with Gasteiger partial charge in [0.05, 0.1) is 5.69 Å². The number of halogens is 3. The predicted octanol–water partition coefficient (Wildman–Crippen LogP) is 4.48. The zero-order chi connectivity index (χ0) is 9.19. The summed E-state index contributed by atoms with van der Waals surface area (Å²) in [4.78, 5) is 0. The molecular weight excluding hydrogens is 186 g/mol. The molecule has 0 N–H and O–H groups in total. The molecule has 0 saturated heterocycles. The molecule has 0 atom stereocenters. The number of rotatable bonds is 1. The lowest BCUT2D eigenvalue weighted by molar-refractivity contribution is 0.608. The summed E-state index contributed by atoms with van der Waals surface area (Å²) in [5, 5.41) is 0. The third-order valence-corrected chi connectivity index (χ3v) is 1.78. The van der Waals surface area contributed by atoms with Gasteiger partial charge in [0.1, 0.15) is 0 Å². The van der Waals surface area contributed by atoms with Crippen molar-refractivity contribution >= 4 is 13.7 Å². The summed E-state index contributed by atoms with van der Waals surface area (Å²) in [6.07, 6.45) is 0. The molecule has 1 aromatic rings. The Labute approximate surface area is 68.6 Å². The quantitative estimate of drug-likeness (QED) is 0.583. The van der Waals surface area contributed by atoms with Crippen molar-refractivity contribution in [1.82, 2.24) is 0 Å². The van der Waals surface area contributed by atoms with Crippen LogP contribution in [0.1, 0.15) is 5.56 Å². The van der Waals surface area contributed by atoms with Crippen molar-refractivity contribution in [2.24, 2.45) is 4.74 Å². The predicted molar refractivity (Wildman–Crippen MR) is 43.5 cm³/mol. The molecule has 1 aromatic carbocycles. The van der Waals surface area contributed by atoms with Crippen molar-refractivity contribution in [2.45, 2.75) is 6.92 Å². The van der Waals surface area contributed by atoms with Crippen LogP contribution >= 0.6 is 7.99 Å². The van der Waals surface area contributed by atoms with Crippen molar-refractivity contribution in [3.05, 3.63) is 29.8 Å². The van der Waals surface area contributed by atoms with Gasteiger partial charge in [-0.25, -0.2) is 0 Å². The lowest BCUT2D eigenvalue weighted by Crippen LogP contribution is -1.70. The molecule has 0 unspecified atom stereocenters. The maximum Gasteiger partial charge on any atom is 0.476 e. The Bertz CT molecular complexity index is 323. The van der Waals surface area contributed by atoms with Crippen LogP contribution in [0.4, 0.5) is 18.3 Å². The third kappa shape index (κ3) is 2.70. The molecule has 66 valence electrons. The van der Waals surface area contributed by atoms with Gasteiger partial charge >= 0.3 is 7.99 Å². The Hall–Kier alpha value is -0.760. The van der Waals surface area contributed by atoms with Gasteiger partial charge in [0.25, 0.3) is 0 Å². The molecule has 1 rings (SSSR count). The number of nitrogens with zero attached hydrogens (tertiary/aromatic N) is 1. The first-order chi connectivity index (χ1) is 5.49. The van der Waals surface area contributed by atoms with Crippen LogP contribution in [0.2, 0.25) is 0 Å². The number of hydrogen-bond donors (Lipinski definition) is 0. The van der Waals surface area contributed by atoms with E-state index in [9.17, 15) is 12.6 Å². The Balaban J connectivity index is 3.14. The van der Waals surface area contributed by atoms with E-state index in [4.69, 9.17) is 0 Å². The molecule has 12 heavy (non-hydrogen) atoms. The van der Waals surface area contributed by atoms with Crippen LogP contribution in [0.15, 0.2) is 29.0 Å². The number of hydrogen-bond acceptors (Lipinski definition) is 1. The number of aryl methyl sites for hydroxylation is 1. The van der Waals surface area contributed by atoms with Crippen molar-refractivity contribution < 1.29 is 12.6 Å². The van der Waals surface area contributed by atoms with Crippen molar-refractivity contribution in [3.63, 3.8) is 0 Å². The molecule has 1 nitrogen and oxygen atoms in total. The highest BCUT2D eigenvalue weighted by Crippen LogP contribution is 2.57. The van der Waals surface area contributed by atoms with E-state index in [0.29, 0.717) is 5.56 Å². The molecule has 0 heterocycles. The van der Waals surface area contributed by atoms with E-state index in [1.165, 1.54) is 6.07 Å². The van der Waals surface area contributed by atoms with Gasteiger partial charge in [-0.2, -0.15) is 4.74 Å². The van der Waals surface area contributed by atoms with Crippen molar-refractivity contribution in [2.75, 3.05) is 0 Å². The maximum atomic E-state index is 11.9. The molecule has 0 aliphatic heterocycles. The Morgan fingerprint density at radius 3 is 2.25 bits per heavy atom.